The summed E-state index contributed by atoms with van der Waals surface area (Å²) in [6.07, 6.45) is 0.219. The Morgan fingerprint density at radius 2 is 2.28 bits per heavy atom. The normalized spacial score (nSPS) is 24.9. The van der Waals surface area contributed by atoms with E-state index in [-0.39, 0.29) is 6.10 Å². The van der Waals surface area contributed by atoms with E-state index in [1.165, 1.54) is 0 Å². The summed E-state index contributed by atoms with van der Waals surface area (Å²) >= 11 is 0. The monoisotopic (exact) mass is 268 g/mol. The summed E-state index contributed by atoms with van der Waals surface area (Å²) in [6, 6.07) is 7.54. The minimum absolute atomic E-state index is 0.215. The number of carbonyl (C=O) groups is 1. The first kappa shape index (κ1) is 13.2. The van der Waals surface area contributed by atoms with E-state index in [1.54, 1.807) is 0 Å². The fraction of sp³-hybridized carbons (Fsp3) is 0.462. The van der Waals surface area contributed by atoms with E-state index >= 15 is 0 Å². The molecule has 0 spiro atoms. The molecule has 0 aliphatic carbocycles. The average Bonchev–Trinajstić information content (AvgIpc) is 2.77. The third kappa shape index (κ3) is 3.17. The fourth-order valence-electron chi connectivity index (χ4n) is 2.03. The molecule has 1 aliphatic heterocycles. The number of aliphatic carboxylic acids is 1. The Labute approximate surface area is 108 Å². The van der Waals surface area contributed by atoms with Crippen molar-refractivity contribution in [3.05, 3.63) is 29.8 Å². The Hall–Kier alpha value is -1.20. The van der Waals surface area contributed by atoms with Crippen molar-refractivity contribution in [2.75, 3.05) is 5.75 Å². The summed E-state index contributed by atoms with van der Waals surface area (Å²) < 4.78 is 17.5. The second-order valence-corrected chi connectivity index (χ2v) is 5.99. The first-order valence-electron chi connectivity index (χ1n) is 5.89. The second kappa shape index (κ2) is 5.63. The van der Waals surface area contributed by atoms with Crippen LogP contribution in [0.15, 0.2) is 29.2 Å². The lowest BCUT2D eigenvalue weighted by Crippen LogP contribution is -2.23. The molecule has 0 aromatic heterocycles. The second-order valence-electron chi connectivity index (χ2n) is 4.49. The van der Waals surface area contributed by atoms with Gasteiger partial charge in [0.05, 0.1) is 22.7 Å². The molecule has 5 heteroatoms. The molecule has 2 rings (SSSR count). The van der Waals surface area contributed by atoms with Crippen molar-refractivity contribution in [1.82, 2.24) is 0 Å². The fourth-order valence-corrected chi connectivity index (χ4v) is 3.36. The summed E-state index contributed by atoms with van der Waals surface area (Å²) in [7, 11) is -1.13. The van der Waals surface area contributed by atoms with Crippen LogP contribution in [-0.4, -0.2) is 33.2 Å². The van der Waals surface area contributed by atoms with Crippen molar-refractivity contribution in [2.24, 2.45) is 0 Å². The zero-order valence-corrected chi connectivity index (χ0v) is 11.0. The number of ether oxygens (including phenoxy) is 1. The summed E-state index contributed by atoms with van der Waals surface area (Å²) in [5.41, 5.74) is 1.07. The number of rotatable bonds is 4. The first-order chi connectivity index (χ1) is 8.56. The largest absolute Gasteiger partial charge is 0.479 e. The van der Waals surface area contributed by atoms with Crippen LogP contribution in [0.4, 0.5) is 0 Å². The van der Waals surface area contributed by atoms with E-state index in [9.17, 15) is 9.00 Å². The molecule has 1 fully saturated rings. The molecule has 3 atom stereocenters. The highest BCUT2D eigenvalue weighted by Crippen LogP contribution is 2.22. The highest BCUT2D eigenvalue weighted by atomic mass is 32.2. The molecule has 0 amide bonds. The van der Waals surface area contributed by atoms with Gasteiger partial charge in [0.15, 0.2) is 6.10 Å². The van der Waals surface area contributed by atoms with E-state index in [0.29, 0.717) is 18.6 Å². The van der Waals surface area contributed by atoms with Crippen molar-refractivity contribution >= 4 is 16.8 Å². The van der Waals surface area contributed by atoms with Gasteiger partial charge in [-0.25, -0.2) is 4.79 Å². The molecule has 1 saturated heterocycles. The molecular weight excluding hydrogens is 252 g/mol. The zero-order valence-electron chi connectivity index (χ0n) is 10.2. The molecule has 18 heavy (non-hydrogen) atoms. The number of aryl methyl sites for hydroxylation is 1. The van der Waals surface area contributed by atoms with Gasteiger partial charge < -0.3 is 9.84 Å². The third-order valence-electron chi connectivity index (χ3n) is 2.97. The smallest absolute Gasteiger partial charge is 0.332 e. The quantitative estimate of drug-likeness (QED) is 0.903. The number of hydrogen-bond donors (Lipinski definition) is 1. The SMILES string of the molecule is Cc1cccc(S(=O)CC2CCC(C(=O)O)O2)c1. The van der Waals surface area contributed by atoms with E-state index < -0.39 is 22.9 Å². The predicted molar refractivity (Wildman–Crippen MR) is 68.0 cm³/mol. The molecule has 1 aromatic carbocycles. The van der Waals surface area contributed by atoms with E-state index in [0.717, 1.165) is 10.5 Å². The van der Waals surface area contributed by atoms with Crippen LogP contribution in [0.5, 0.6) is 0 Å². The van der Waals surface area contributed by atoms with Crippen LogP contribution in [-0.2, 0) is 20.3 Å². The molecule has 98 valence electrons. The lowest BCUT2D eigenvalue weighted by atomic mass is 10.2. The summed E-state index contributed by atoms with van der Waals surface area (Å²) in [5, 5.41) is 8.82. The Morgan fingerprint density at radius 1 is 1.50 bits per heavy atom. The van der Waals surface area contributed by atoms with Gasteiger partial charge in [-0.05, 0) is 37.5 Å². The number of carboxylic acid groups (broad SMARTS) is 1. The molecule has 1 N–H and O–H groups in total. The lowest BCUT2D eigenvalue weighted by molar-refractivity contribution is -0.148. The lowest BCUT2D eigenvalue weighted by Gasteiger charge is -2.11. The standard InChI is InChI=1S/C13H16O4S/c1-9-3-2-4-11(7-9)18(16)8-10-5-6-12(17-10)13(14)15/h2-4,7,10,12H,5-6,8H2,1H3,(H,14,15). The molecule has 4 nitrogen and oxygen atoms in total. The zero-order chi connectivity index (χ0) is 13.1. The molecule has 0 saturated carbocycles. The minimum atomic E-state index is -1.13. The Bertz CT molecular complexity index is 472. The number of carboxylic acids is 1. The molecule has 1 heterocycles. The highest BCUT2D eigenvalue weighted by Gasteiger charge is 2.31. The van der Waals surface area contributed by atoms with Gasteiger partial charge in [-0.2, -0.15) is 0 Å². The van der Waals surface area contributed by atoms with Gasteiger partial charge in [0, 0.05) is 4.90 Å². The Kier molecular flexibility index (Phi) is 4.14. The third-order valence-corrected chi connectivity index (χ3v) is 4.43. The van der Waals surface area contributed by atoms with Gasteiger partial charge in [-0.3, -0.25) is 4.21 Å². The Balaban J connectivity index is 1.95. The van der Waals surface area contributed by atoms with E-state index in [2.05, 4.69) is 0 Å². The number of benzene rings is 1. The van der Waals surface area contributed by atoms with E-state index in [4.69, 9.17) is 9.84 Å². The van der Waals surface area contributed by atoms with Crippen molar-refractivity contribution in [2.45, 2.75) is 36.9 Å². The Morgan fingerprint density at radius 3 is 2.89 bits per heavy atom. The van der Waals surface area contributed by atoms with Crippen LogP contribution >= 0.6 is 0 Å². The average molecular weight is 268 g/mol. The van der Waals surface area contributed by atoms with Crippen molar-refractivity contribution < 1.29 is 18.8 Å². The van der Waals surface area contributed by atoms with Crippen LogP contribution in [0.25, 0.3) is 0 Å². The van der Waals surface area contributed by atoms with Gasteiger partial charge in [0.25, 0.3) is 0 Å². The maximum atomic E-state index is 12.1. The molecule has 3 unspecified atom stereocenters. The number of hydrogen-bond acceptors (Lipinski definition) is 3. The van der Waals surface area contributed by atoms with Gasteiger partial charge >= 0.3 is 5.97 Å². The molecular formula is C13H16O4S. The topological polar surface area (TPSA) is 63.6 Å². The van der Waals surface area contributed by atoms with Crippen LogP contribution < -0.4 is 0 Å². The summed E-state index contributed by atoms with van der Waals surface area (Å²) in [5.74, 6) is -0.563. The summed E-state index contributed by atoms with van der Waals surface area (Å²) in [6.45, 7) is 1.95. The highest BCUT2D eigenvalue weighted by molar-refractivity contribution is 7.85. The van der Waals surface area contributed by atoms with Crippen LogP contribution in [0.2, 0.25) is 0 Å². The molecule has 0 radical (unpaired) electrons. The molecule has 1 aliphatic rings. The maximum Gasteiger partial charge on any atom is 0.332 e. The van der Waals surface area contributed by atoms with Gasteiger partial charge in [-0.15, -0.1) is 0 Å². The van der Waals surface area contributed by atoms with Gasteiger partial charge in [0.2, 0.25) is 0 Å². The maximum absolute atomic E-state index is 12.1. The van der Waals surface area contributed by atoms with Crippen molar-refractivity contribution in [3.8, 4) is 0 Å². The summed E-state index contributed by atoms with van der Waals surface area (Å²) in [4.78, 5) is 11.5. The van der Waals surface area contributed by atoms with E-state index in [1.807, 2.05) is 31.2 Å². The van der Waals surface area contributed by atoms with Gasteiger partial charge in [0.1, 0.15) is 0 Å². The molecule has 1 aromatic rings. The first-order valence-corrected chi connectivity index (χ1v) is 7.21. The minimum Gasteiger partial charge on any atom is -0.479 e. The van der Waals surface area contributed by atoms with Gasteiger partial charge in [-0.1, -0.05) is 12.1 Å². The van der Waals surface area contributed by atoms with Crippen LogP contribution in [0.1, 0.15) is 18.4 Å². The molecule has 0 bridgehead atoms. The van der Waals surface area contributed by atoms with Crippen molar-refractivity contribution in [1.29, 1.82) is 0 Å². The van der Waals surface area contributed by atoms with Crippen LogP contribution in [0, 0.1) is 6.92 Å². The predicted octanol–water partition coefficient (Wildman–Crippen LogP) is 1.73. The van der Waals surface area contributed by atoms with Crippen molar-refractivity contribution in [3.63, 3.8) is 0 Å². The van der Waals surface area contributed by atoms with Crippen LogP contribution in [0.3, 0.4) is 0 Å².